The molecule has 0 aliphatic heterocycles. The fourth-order valence-corrected chi connectivity index (χ4v) is 5.21. The maximum atomic E-state index is 12.2. The number of benzene rings is 1. The van der Waals surface area contributed by atoms with Crippen molar-refractivity contribution in [2.45, 2.75) is 39.0 Å². The summed E-state index contributed by atoms with van der Waals surface area (Å²) < 4.78 is 0. The van der Waals surface area contributed by atoms with Crippen LogP contribution in [0.4, 0.5) is 0 Å². The number of fused-ring (bicyclic) bond motifs is 5. The van der Waals surface area contributed by atoms with Crippen molar-refractivity contribution in [1.29, 1.82) is 0 Å². The zero-order chi connectivity index (χ0) is 16.0. The van der Waals surface area contributed by atoms with E-state index in [1.165, 1.54) is 31.7 Å². The van der Waals surface area contributed by atoms with Crippen LogP contribution in [-0.4, -0.2) is 16.7 Å². The molecule has 1 aromatic carbocycles. The van der Waals surface area contributed by atoms with E-state index in [0.29, 0.717) is 5.92 Å². The molecule has 0 saturated heterocycles. The number of hydrazone groups is 1. The molecule has 4 nitrogen and oxygen atoms in total. The van der Waals surface area contributed by atoms with Crippen molar-refractivity contribution < 1.29 is 9.90 Å². The molecule has 2 N–H and O–H groups in total. The zero-order valence-corrected chi connectivity index (χ0v) is 13.5. The first-order valence-electron chi connectivity index (χ1n) is 8.78. The molecule has 0 radical (unpaired) electrons. The van der Waals surface area contributed by atoms with E-state index in [4.69, 9.17) is 0 Å². The fourth-order valence-electron chi connectivity index (χ4n) is 5.21. The highest BCUT2D eigenvalue weighted by molar-refractivity contribution is 5.98. The second-order valence-corrected chi connectivity index (χ2v) is 7.56. The number of phenols is 1. The SMILES string of the molecule is C[C@@H]1C[C@@H]2[C@@H]3CC[C@H](C3)[C@@H]2CC1=NNC(=O)c1ccccc1O. The Morgan fingerprint density at radius 3 is 2.70 bits per heavy atom. The lowest BCUT2D eigenvalue weighted by molar-refractivity contribution is 0.0951. The smallest absolute Gasteiger partial charge is 0.275 e. The van der Waals surface area contributed by atoms with E-state index in [9.17, 15) is 9.90 Å². The summed E-state index contributed by atoms with van der Waals surface area (Å²) in [4.78, 5) is 12.2. The Bertz CT molecular complexity index is 655. The van der Waals surface area contributed by atoms with Crippen molar-refractivity contribution >= 4 is 11.6 Å². The number of carbonyl (C=O) groups excluding carboxylic acids is 1. The Morgan fingerprint density at radius 2 is 1.91 bits per heavy atom. The maximum Gasteiger partial charge on any atom is 0.275 e. The van der Waals surface area contributed by atoms with Crippen LogP contribution in [-0.2, 0) is 0 Å². The molecule has 23 heavy (non-hydrogen) atoms. The largest absolute Gasteiger partial charge is 0.507 e. The first-order valence-corrected chi connectivity index (χ1v) is 8.78. The van der Waals surface area contributed by atoms with Gasteiger partial charge in [-0.25, -0.2) is 5.43 Å². The molecule has 5 atom stereocenters. The summed E-state index contributed by atoms with van der Waals surface area (Å²) in [6.07, 6.45) is 6.48. The summed E-state index contributed by atoms with van der Waals surface area (Å²) >= 11 is 0. The van der Waals surface area contributed by atoms with E-state index in [1.807, 2.05) is 0 Å². The molecule has 3 aliphatic carbocycles. The predicted molar refractivity (Wildman–Crippen MR) is 89.2 cm³/mol. The van der Waals surface area contributed by atoms with Crippen molar-refractivity contribution in [1.82, 2.24) is 5.43 Å². The van der Waals surface area contributed by atoms with Crippen LogP contribution in [0.3, 0.4) is 0 Å². The van der Waals surface area contributed by atoms with E-state index in [0.717, 1.165) is 35.8 Å². The van der Waals surface area contributed by atoms with Gasteiger partial charge < -0.3 is 5.11 Å². The Morgan fingerprint density at radius 1 is 1.17 bits per heavy atom. The van der Waals surface area contributed by atoms with Gasteiger partial charge in [-0.2, -0.15) is 5.10 Å². The molecular weight excluding hydrogens is 288 g/mol. The van der Waals surface area contributed by atoms with Crippen molar-refractivity contribution in [3.63, 3.8) is 0 Å². The number of phenolic OH excluding ortho intramolecular Hbond substituents is 1. The molecule has 0 spiro atoms. The molecule has 0 heterocycles. The minimum Gasteiger partial charge on any atom is -0.507 e. The van der Waals surface area contributed by atoms with Gasteiger partial charge in [0.25, 0.3) is 5.91 Å². The maximum absolute atomic E-state index is 12.2. The summed E-state index contributed by atoms with van der Waals surface area (Å²) in [5.41, 5.74) is 4.06. The van der Waals surface area contributed by atoms with E-state index in [2.05, 4.69) is 17.5 Å². The zero-order valence-electron chi connectivity index (χ0n) is 13.5. The third-order valence-corrected chi connectivity index (χ3v) is 6.36. The topological polar surface area (TPSA) is 61.7 Å². The van der Waals surface area contributed by atoms with Gasteiger partial charge >= 0.3 is 0 Å². The summed E-state index contributed by atoms with van der Waals surface area (Å²) in [6, 6.07) is 6.58. The van der Waals surface area contributed by atoms with Gasteiger partial charge in [0.15, 0.2) is 0 Å². The first kappa shape index (κ1) is 14.7. The third kappa shape index (κ3) is 2.54. The Hall–Kier alpha value is -1.84. The normalized spacial score (nSPS) is 36.9. The number of aromatic hydroxyl groups is 1. The van der Waals surface area contributed by atoms with Crippen LogP contribution in [0.15, 0.2) is 29.4 Å². The van der Waals surface area contributed by atoms with Gasteiger partial charge in [0.2, 0.25) is 0 Å². The van der Waals surface area contributed by atoms with Crippen LogP contribution >= 0.6 is 0 Å². The van der Waals surface area contributed by atoms with Crippen LogP contribution in [0.1, 0.15) is 49.4 Å². The van der Waals surface area contributed by atoms with E-state index in [1.54, 1.807) is 18.2 Å². The van der Waals surface area contributed by atoms with Crippen LogP contribution in [0.25, 0.3) is 0 Å². The minimum absolute atomic E-state index is 0.00457. The number of hydrogen-bond donors (Lipinski definition) is 2. The van der Waals surface area contributed by atoms with Gasteiger partial charge in [0.1, 0.15) is 5.75 Å². The van der Waals surface area contributed by atoms with E-state index >= 15 is 0 Å². The van der Waals surface area contributed by atoms with Gasteiger partial charge in [0, 0.05) is 5.71 Å². The number of rotatable bonds is 2. The highest BCUT2D eigenvalue weighted by atomic mass is 16.3. The summed E-state index contributed by atoms with van der Waals surface area (Å²) in [5, 5.41) is 14.2. The number of para-hydroxylation sites is 1. The second kappa shape index (κ2) is 5.66. The Balaban J connectivity index is 1.46. The van der Waals surface area contributed by atoms with Gasteiger partial charge in [-0.3, -0.25) is 4.79 Å². The number of carbonyl (C=O) groups is 1. The van der Waals surface area contributed by atoms with Gasteiger partial charge in [-0.1, -0.05) is 19.1 Å². The van der Waals surface area contributed by atoms with Crippen molar-refractivity contribution in [3.8, 4) is 5.75 Å². The van der Waals surface area contributed by atoms with Crippen LogP contribution in [0.5, 0.6) is 5.75 Å². The van der Waals surface area contributed by atoms with Gasteiger partial charge in [0.05, 0.1) is 5.56 Å². The van der Waals surface area contributed by atoms with E-state index in [-0.39, 0.29) is 17.2 Å². The van der Waals surface area contributed by atoms with E-state index < -0.39 is 0 Å². The molecule has 0 unspecified atom stereocenters. The third-order valence-electron chi connectivity index (χ3n) is 6.36. The second-order valence-electron chi connectivity index (χ2n) is 7.56. The van der Waals surface area contributed by atoms with Crippen LogP contribution in [0, 0.1) is 29.6 Å². The molecule has 1 aromatic rings. The standard InChI is InChI=1S/C19H24N2O2/c1-11-8-15-12-6-7-13(9-12)16(15)10-17(11)20-21-19(23)14-4-2-3-5-18(14)22/h2-5,11-13,15-16,22H,6-10H2,1H3,(H,21,23)/t11-,12-,13-,15-,16+/m1/s1. The van der Waals surface area contributed by atoms with Crippen molar-refractivity contribution in [2.24, 2.45) is 34.7 Å². The molecule has 1 amide bonds. The first-order chi connectivity index (χ1) is 11.1. The highest BCUT2D eigenvalue weighted by Crippen LogP contribution is 2.57. The average Bonchev–Trinajstić information content (AvgIpc) is 3.14. The van der Waals surface area contributed by atoms with Crippen LogP contribution < -0.4 is 5.43 Å². The fraction of sp³-hybridized carbons (Fsp3) is 0.579. The number of nitrogens with zero attached hydrogens (tertiary/aromatic N) is 1. The molecule has 2 bridgehead atoms. The number of hydrogen-bond acceptors (Lipinski definition) is 3. The lowest BCUT2D eigenvalue weighted by atomic mass is 9.67. The highest BCUT2D eigenvalue weighted by Gasteiger charge is 2.50. The minimum atomic E-state index is -0.335. The predicted octanol–water partition coefficient (Wildman–Crippen LogP) is 3.57. The molecule has 3 aliphatic rings. The molecule has 4 rings (SSSR count). The summed E-state index contributed by atoms with van der Waals surface area (Å²) in [7, 11) is 0. The van der Waals surface area contributed by atoms with Gasteiger partial charge in [-0.15, -0.1) is 0 Å². The van der Waals surface area contributed by atoms with Crippen molar-refractivity contribution in [3.05, 3.63) is 29.8 Å². The lowest BCUT2D eigenvalue weighted by Gasteiger charge is -2.38. The molecule has 4 heteroatoms. The van der Waals surface area contributed by atoms with Gasteiger partial charge in [-0.05, 0) is 73.8 Å². The van der Waals surface area contributed by atoms with Crippen molar-refractivity contribution in [2.75, 3.05) is 0 Å². The van der Waals surface area contributed by atoms with Crippen LogP contribution in [0.2, 0.25) is 0 Å². The number of amides is 1. The summed E-state index contributed by atoms with van der Waals surface area (Å²) in [6.45, 7) is 2.23. The molecule has 0 aromatic heterocycles. The molecule has 3 fully saturated rings. The molecule has 3 saturated carbocycles. The monoisotopic (exact) mass is 312 g/mol. The molecule has 122 valence electrons. The average molecular weight is 312 g/mol. The lowest BCUT2D eigenvalue weighted by Crippen LogP contribution is -2.36. The number of nitrogens with one attached hydrogen (secondary N) is 1. The Labute approximate surface area is 137 Å². The summed E-state index contributed by atoms with van der Waals surface area (Å²) in [5.74, 6) is 3.61. The Kier molecular flexibility index (Phi) is 3.63. The quantitative estimate of drug-likeness (QED) is 0.820. The molecular formula is C19H24N2O2.